The van der Waals surface area contributed by atoms with Crippen LogP contribution < -0.4 is 4.72 Å². The fourth-order valence-electron chi connectivity index (χ4n) is 1.69. The smallest absolute Gasteiger partial charge is 0.318 e. The second-order valence-corrected chi connectivity index (χ2v) is 6.07. The first kappa shape index (κ1) is 13.9. The summed E-state index contributed by atoms with van der Waals surface area (Å²) in [5, 5.41) is 8.40. The minimum absolute atomic E-state index is 0.151. The third kappa shape index (κ3) is 3.07. The molecular weight excluding hydrogens is 280 g/mol. The molecule has 0 aromatic heterocycles. The van der Waals surface area contributed by atoms with Crippen molar-refractivity contribution in [3.8, 4) is 0 Å². The Kier molecular flexibility index (Phi) is 3.31. The average molecular weight is 291 g/mol. The molecule has 1 aliphatic rings. The Morgan fingerprint density at radius 3 is 2.32 bits per heavy atom. The fraction of sp³-hybridized carbons (Fsp3) is 0.364. The van der Waals surface area contributed by atoms with Gasteiger partial charge in [-0.2, -0.15) is 4.72 Å². The highest BCUT2D eigenvalue weighted by atomic mass is 32.2. The molecule has 104 valence electrons. The number of carbonyl (C=O) groups is 1. The van der Waals surface area contributed by atoms with Crippen LogP contribution in [0.2, 0.25) is 0 Å². The molecule has 1 unspecified atom stereocenters. The van der Waals surface area contributed by atoms with Gasteiger partial charge in [0.1, 0.15) is 6.54 Å². The van der Waals surface area contributed by atoms with Gasteiger partial charge in [0.25, 0.3) is 5.92 Å². The van der Waals surface area contributed by atoms with Crippen molar-refractivity contribution in [1.82, 2.24) is 4.72 Å². The van der Waals surface area contributed by atoms with E-state index < -0.39 is 34.4 Å². The highest BCUT2D eigenvalue weighted by Gasteiger charge is 2.57. The lowest BCUT2D eigenvalue weighted by Crippen LogP contribution is -2.29. The minimum atomic E-state index is -3.92. The van der Waals surface area contributed by atoms with Crippen molar-refractivity contribution in [3.63, 3.8) is 0 Å². The molecule has 0 amide bonds. The van der Waals surface area contributed by atoms with Crippen molar-refractivity contribution < 1.29 is 27.1 Å². The van der Waals surface area contributed by atoms with Crippen molar-refractivity contribution in [2.75, 3.05) is 6.54 Å². The molecule has 0 heterocycles. The van der Waals surface area contributed by atoms with Gasteiger partial charge in [0.15, 0.2) is 0 Å². The second kappa shape index (κ2) is 4.53. The summed E-state index contributed by atoms with van der Waals surface area (Å²) in [5.74, 6) is -4.86. The number of carboxylic acids is 1. The molecule has 1 aromatic carbocycles. The zero-order valence-corrected chi connectivity index (χ0v) is 10.5. The number of hydrogen-bond acceptors (Lipinski definition) is 3. The van der Waals surface area contributed by atoms with Crippen molar-refractivity contribution in [3.05, 3.63) is 29.8 Å². The highest BCUT2D eigenvalue weighted by molar-refractivity contribution is 7.89. The molecule has 2 rings (SSSR count). The first-order valence-corrected chi connectivity index (χ1v) is 6.90. The second-order valence-electron chi connectivity index (χ2n) is 4.31. The first-order chi connectivity index (χ1) is 8.72. The molecule has 0 saturated heterocycles. The van der Waals surface area contributed by atoms with Crippen LogP contribution in [0.1, 0.15) is 17.9 Å². The van der Waals surface area contributed by atoms with E-state index in [-0.39, 0.29) is 11.3 Å². The van der Waals surface area contributed by atoms with Gasteiger partial charge >= 0.3 is 5.97 Å². The molecule has 8 heteroatoms. The Labute approximate surface area is 108 Å². The first-order valence-electron chi connectivity index (χ1n) is 5.41. The summed E-state index contributed by atoms with van der Waals surface area (Å²) in [6.45, 7) is -0.731. The van der Waals surface area contributed by atoms with Gasteiger partial charge in [-0.3, -0.25) is 4.79 Å². The van der Waals surface area contributed by atoms with Gasteiger partial charge in [-0.05, 0) is 17.7 Å². The Hall–Kier alpha value is -1.54. The Morgan fingerprint density at radius 2 is 1.89 bits per heavy atom. The third-order valence-electron chi connectivity index (χ3n) is 2.83. The number of sulfonamides is 1. The number of hydrogen-bond donors (Lipinski definition) is 2. The predicted octanol–water partition coefficient (Wildman–Crippen LogP) is 1.17. The van der Waals surface area contributed by atoms with Gasteiger partial charge in [0.2, 0.25) is 10.0 Å². The molecule has 0 aliphatic heterocycles. The number of alkyl halides is 2. The molecule has 0 spiro atoms. The number of halogens is 2. The van der Waals surface area contributed by atoms with E-state index in [0.717, 1.165) is 0 Å². The van der Waals surface area contributed by atoms with Crippen LogP contribution in [0.25, 0.3) is 0 Å². The maximum absolute atomic E-state index is 12.8. The lowest BCUT2D eigenvalue weighted by Gasteiger charge is -2.05. The Morgan fingerprint density at radius 1 is 1.37 bits per heavy atom. The minimum Gasteiger partial charge on any atom is -0.480 e. The van der Waals surface area contributed by atoms with Crippen LogP contribution in [-0.4, -0.2) is 32.0 Å². The Balaban J connectivity index is 2.12. The monoisotopic (exact) mass is 291 g/mol. The molecule has 1 fully saturated rings. The summed E-state index contributed by atoms with van der Waals surface area (Å²) in [7, 11) is -3.92. The SMILES string of the molecule is O=C(O)CNS(=O)(=O)c1ccc(C2CC2(F)F)cc1. The van der Waals surface area contributed by atoms with Gasteiger partial charge < -0.3 is 5.11 Å². The number of rotatable bonds is 5. The van der Waals surface area contributed by atoms with Gasteiger partial charge in [-0.15, -0.1) is 0 Å². The standard InChI is InChI=1S/C11H11F2NO4S/c12-11(13)5-9(11)7-1-3-8(4-2-7)19(17,18)14-6-10(15)16/h1-4,9,14H,5-6H2,(H,15,16). The largest absolute Gasteiger partial charge is 0.480 e. The summed E-state index contributed by atoms with van der Waals surface area (Å²) in [6.07, 6.45) is -0.226. The molecule has 0 radical (unpaired) electrons. The normalized spacial score (nSPS) is 21.1. The van der Waals surface area contributed by atoms with Crippen LogP contribution in [0.4, 0.5) is 8.78 Å². The van der Waals surface area contributed by atoms with Crippen molar-refractivity contribution in [1.29, 1.82) is 0 Å². The van der Waals surface area contributed by atoms with Crippen molar-refractivity contribution in [2.45, 2.75) is 23.2 Å². The zero-order valence-electron chi connectivity index (χ0n) is 9.64. The van der Waals surface area contributed by atoms with Gasteiger partial charge in [-0.25, -0.2) is 17.2 Å². The molecule has 0 bridgehead atoms. The topological polar surface area (TPSA) is 83.5 Å². The summed E-state index contributed by atoms with van der Waals surface area (Å²) in [5.41, 5.74) is 0.377. The summed E-state index contributed by atoms with van der Waals surface area (Å²) in [6, 6.07) is 5.02. The molecule has 1 atom stereocenters. The van der Waals surface area contributed by atoms with Crippen LogP contribution in [0.5, 0.6) is 0 Å². The van der Waals surface area contributed by atoms with Crippen LogP contribution in [-0.2, 0) is 14.8 Å². The predicted molar refractivity (Wildman–Crippen MR) is 61.6 cm³/mol. The van der Waals surface area contributed by atoms with Crippen LogP contribution in [0, 0.1) is 0 Å². The van der Waals surface area contributed by atoms with Crippen LogP contribution >= 0.6 is 0 Å². The van der Waals surface area contributed by atoms with E-state index in [1.54, 1.807) is 0 Å². The van der Waals surface area contributed by atoms with Crippen LogP contribution in [0.15, 0.2) is 29.2 Å². The van der Waals surface area contributed by atoms with E-state index in [2.05, 4.69) is 0 Å². The number of benzene rings is 1. The average Bonchev–Trinajstić information content (AvgIpc) is 2.96. The van der Waals surface area contributed by atoms with Crippen molar-refractivity contribution in [2.24, 2.45) is 0 Å². The van der Waals surface area contributed by atoms with E-state index >= 15 is 0 Å². The van der Waals surface area contributed by atoms with Crippen LogP contribution in [0.3, 0.4) is 0 Å². The van der Waals surface area contributed by atoms with Gasteiger partial charge in [0, 0.05) is 6.42 Å². The lowest BCUT2D eigenvalue weighted by molar-refractivity contribution is -0.135. The molecule has 2 N–H and O–H groups in total. The highest BCUT2D eigenvalue weighted by Crippen LogP contribution is 2.55. The quantitative estimate of drug-likeness (QED) is 0.853. The summed E-state index contributed by atoms with van der Waals surface area (Å²) >= 11 is 0. The maximum atomic E-state index is 12.8. The number of carboxylic acid groups (broad SMARTS) is 1. The summed E-state index contributed by atoms with van der Waals surface area (Å²) < 4.78 is 50.8. The molecule has 1 aliphatic carbocycles. The molecule has 5 nitrogen and oxygen atoms in total. The van der Waals surface area contributed by atoms with E-state index in [4.69, 9.17) is 5.11 Å². The molecule has 1 saturated carbocycles. The Bertz CT molecular complexity index is 598. The molecular formula is C11H11F2NO4S. The molecule has 19 heavy (non-hydrogen) atoms. The molecule has 1 aromatic rings. The van der Waals surface area contributed by atoms with E-state index in [0.29, 0.717) is 5.56 Å². The van der Waals surface area contributed by atoms with Crippen molar-refractivity contribution >= 4 is 16.0 Å². The number of aliphatic carboxylic acids is 1. The summed E-state index contributed by atoms with van der Waals surface area (Å²) in [4.78, 5) is 10.1. The lowest BCUT2D eigenvalue weighted by atomic mass is 10.1. The fourth-order valence-corrected chi connectivity index (χ4v) is 2.67. The van der Waals surface area contributed by atoms with E-state index in [1.165, 1.54) is 24.3 Å². The maximum Gasteiger partial charge on any atom is 0.318 e. The van der Waals surface area contributed by atoms with Gasteiger partial charge in [0.05, 0.1) is 10.8 Å². The van der Waals surface area contributed by atoms with E-state index in [1.807, 2.05) is 4.72 Å². The van der Waals surface area contributed by atoms with E-state index in [9.17, 15) is 22.0 Å². The third-order valence-corrected chi connectivity index (χ3v) is 4.25. The number of nitrogens with one attached hydrogen (secondary N) is 1. The van der Waals surface area contributed by atoms with Gasteiger partial charge in [-0.1, -0.05) is 12.1 Å². The zero-order chi connectivity index (χ0) is 14.3.